The van der Waals surface area contributed by atoms with Crippen molar-refractivity contribution in [1.29, 1.82) is 5.26 Å². The third-order valence-corrected chi connectivity index (χ3v) is 3.27. The molecule has 0 aliphatic heterocycles. The highest BCUT2D eigenvalue weighted by Crippen LogP contribution is 2.27. The zero-order valence-electron chi connectivity index (χ0n) is 11.2. The largest absolute Gasteiger partial charge is 0.457 e. The van der Waals surface area contributed by atoms with E-state index in [4.69, 9.17) is 10.00 Å². The van der Waals surface area contributed by atoms with E-state index >= 15 is 0 Å². The molecule has 3 aromatic rings. The Morgan fingerprint density at radius 2 is 1.85 bits per heavy atom. The number of fused-ring (bicyclic) bond motifs is 1. The summed E-state index contributed by atoms with van der Waals surface area (Å²) in [6.07, 6.45) is 2.28. The number of aromatic nitrogens is 1. The smallest absolute Gasteiger partial charge is 0.128 e. The number of nitrogens with one attached hydrogen (secondary N) is 1. The van der Waals surface area contributed by atoms with Crippen molar-refractivity contribution in [2.45, 2.75) is 13.3 Å². The van der Waals surface area contributed by atoms with Crippen LogP contribution in [-0.4, -0.2) is 4.98 Å². The lowest BCUT2D eigenvalue weighted by atomic mass is 10.1. The van der Waals surface area contributed by atoms with Gasteiger partial charge in [-0.2, -0.15) is 5.26 Å². The van der Waals surface area contributed by atoms with E-state index in [1.165, 1.54) is 5.56 Å². The summed E-state index contributed by atoms with van der Waals surface area (Å²) < 4.78 is 5.85. The number of hydrogen-bond donors (Lipinski definition) is 1. The van der Waals surface area contributed by atoms with Gasteiger partial charge in [-0.05, 0) is 42.8 Å². The molecular formula is C17H14N2O. The maximum absolute atomic E-state index is 8.83. The number of benzene rings is 2. The molecule has 1 aromatic heterocycles. The molecule has 0 fully saturated rings. The molecule has 0 saturated carbocycles. The first-order valence-corrected chi connectivity index (χ1v) is 6.48. The monoisotopic (exact) mass is 262 g/mol. The molecule has 0 unspecified atom stereocenters. The average Bonchev–Trinajstić information content (AvgIpc) is 2.85. The fraction of sp³-hybridized carbons (Fsp3) is 0.118. The summed E-state index contributed by atoms with van der Waals surface area (Å²) in [5, 5.41) is 9.87. The fourth-order valence-corrected chi connectivity index (χ4v) is 2.19. The van der Waals surface area contributed by atoms with E-state index < -0.39 is 0 Å². The molecule has 1 N–H and O–H groups in total. The van der Waals surface area contributed by atoms with Crippen molar-refractivity contribution in [2.75, 3.05) is 0 Å². The highest BCUT2D eigenvalue weighted by atomic mass is 16.5. The highest BCUT2D eigenvalue weighted by molar-refractivity contribution is 5.85. The van der Waals surface area contributed by atoms with Gasteiger partial charge in [0.2, 0.25) is 0 Å². The number of nitriles is 1. The molecule has 0 aliphatic carbocycles. The van der Waals surface area contributed by atoms with Gasteiger partial charge in [0.25, 0.3) is 0 Å². The number of aromatic amines is 1. The first kappa shape index (κ1) is 12.3. The summed E-state index contributed by atoms with van der Waals surface area (Å²) >= 11 is 0. The molecule has 0 atom stereocenters. The average molecular weight is 262 g/mol. The van der Waals surface area contributed by atoms with Gasteiger partial charge < -0.3 is 9.72 Å². The van der Waals surface area contributed by atoms with Crippen molar-refractivity contribution in [3.05, 3.63) is 59.8 Å². The molecular weight excluding hydrogens is 248 g/mol. The predicted molar refractivity (Wildman–Crippen MR) is 78.9 cm³/mol. The molecule has 20 heavy (non-hydrogen) atoms. The van der Waals surface area contributed by atoms with Crippen molar-refractivity contribution < 1.29 is 4.74 Å². The van der Waals surface area contributed by atoms with Gasteiger partial charge in [-0.15, -0.1) is 0 Å². The molecule has 3 heteroatoms. The number of ether oxygens (including phenoxy) is 1. The van der Waals surface area contributed by atoms with E-state index in [2.05, 4.69) is 11.1 Å². The van der Waals surface area contributed by atoms with Gasteiger partial charge in [-0.25, -0.2) is 0 Å². The third-order valence-electron chi connectivity index (χ3n) is 3.27. The van der Waals surface area contributed by atoms with Crippen LogP contribution in [0.4, 0.5) is 0 Å². The van der Waals surface area contributed by atoms with Crippen LogP contribution in [0, 0.1) is 18.3 Å². The topological polar surface area (TPSA) is 48.8 Å². The summed E-state index contributed by atoms with van der Waals surface area (Å²) in [4.78, 5) is 3.16. The van der Waals surface area contributed by atoms with Crippen molar-refractivity contribution in [3.63, 3.8) is 0 Å². The Labute approximate surface area is 117 Å². The molecule has 0 radical (unpaired) electrons. The van der Waals surface area contributed by atoms with Crippen LogP contribution in [0.3, 0.4) is 0 Å². The summed E-state index contributed by atoms with van der Waals surface area (Å²) in [5.74, 6) is 1.59. The van der Waals surface area contributed by atoms with Crippen molar-refractivity contribution in [2.24, 2.45) is 0 Å². The van der Waals surface area contributed by atoms with Crippen molar-refractivity contribution >= 4 is 10.9 Å². The molecule has 0 spiro atoms. The maximum Gasteiger partial charge on any atom is 0.128 e. The highest BCUT2D eigenvalue weighted by Gasteiger charge is 2.05. The molecule has 0 aliphatic rings. The number of hydrogen-bond acceptors (Lipinski definition) is 2. The van der Waals surface area contributed by atoms with Crippen LogP contribution in [0.5, 0.6) is 11.5 Å². The number of rotatable bonds is 3. The number of nitrogens with zero attached hydrogens (tertiary/aromatic N) is 1. The first-order chi connectivity index (χ1) is 9.76. The number of aryl methyl sites for hydroxylation is 1. The second-order valence-electron chi connectivity index (χ2n) is 4.77. The maximum atomic E-state index is 8.83. The third kappa shape index (κ3) is 2.36. The molecule has 1 heterocycles. The quantitative estimate of drug-likeness (QED) is 0.763. The molecule has 3 nitrogen and oxygen atoms in total. The van der Waals surface area contributed by atoms with Gasteiger partial charge in [0, 0.05) is 17.1 Å². The van der Waals surface area contributed by atoms with Crippen LogP contribution < -0.4 is 4.74 Å². The van der Waals surface area contributed by atoms with Gasteiger partial charge in [0.15, 0.2) is 0 Å². The Balaban J connectivity index is 1.94. The van der Waals surface area contributed by atoms with Crippen LogP contribution in [0.2, 0.25) is 0 Å². The molecule has 3 rings (SSSR count). The minimum absolute atomic E-state index is 0.397. The van der Waals surface area contributed by atoms with E-state index in [-0.39, 0.29) is 0 Å². The lowest BCUT2D eigenvalue weighted by Crippen LogP contribution is -1.85. The summed E-state index contributed by atoms with van der Waals surface area (Å²) in [6, 6.07) is 16.0. The Morgan fingerprint density at radius 1 is 1.10 bits per heavy atom. The van der Waals surface area contributed by atoms with E-state index in [0.717, 1.165) is 28.0 Å². The summed E-state index contributed by atoms with van der Waals surface area (Å²) in [5.41, 5.74) is 3.22. The second kappa shape index (κ2) is 5.10. The fourth-order valence-electron chi connectivity index (χ4n) is 2.19. The Hall–Kier alpha value is -2.73. The Kier molecular flexibility index (Phi) is 3.14. The molecule has 98 valence electrons. The SMILES string of the molecule is Cc1ccc(Oc2ccc3[nH]cc(CC#N)c3c2)cc1. The van der Waals surface area contributed by atoms with Gasteiger partial charge >= 0.3 is 0 Å². The zero-order valence-corrected chi connectivity index (χ0v) is 11.2. The molecule has 2 aromatic carbocycles. The van der Waals surface area contributed by atoms with Crippen LogP contribution in [0.15, 0.2) is 48.7 Å². The van der Waals surface area contributed by atoms with Crippen LogP contribution in [0.1, 0.15) is 11.1 Å². The summed E-state index contributed by atoms with van der Waals surface area (Å²) in [7, 11) is 0. The first-order valence-electron chi connectivity index (χ1n) is 6.48. The van der Waals surface area contributed by atoms with Gasteiger partial charge in [0.05, 0.1) is 12.5 Å². The van der Waals surface area contributed by atoms with Gasteiger partial charge in [-0.1, -0.05) is 17.7 Å². The van der Waals surface area contributed by atoms with Crippen LogP contribution in [0.25, 0.3) is 10.9 Å². The van der Waals surface area contributed by atoms with E-state index in [1.54, 1.807) is 0 Å². The lowest BCUT2D eigenvalue weighted by molar-refractivity contribution is 0.483. The normalized spacial score (nSPS) is 10.4. The van der Waals surface area contributed by atoms with Crippen LogP contribution in [-0.2, 0) is 6.42 Å². The molecule has 0 saturated heterocycles. The van der Waals surface area contributed by atoms with Gasteiger partial charge in [-0.3, -0.25) is 0 Å². The number of H-pyrrole nitrogens is 1. The standard InChI is InChI=1S/C17H14N2O/c1-12-2-4-14(5-3-12)20-15-6-7-17-16(10-15)13(8-9-18)11-19-17/h2-7,10-11,19H,8H2,1H3. The molecule has 0 bridgehead atoms. The van der Waals surface area contributed by atoms with Crippen molar-refractivity contribution in [1.82, 2.24) is 4.98 Å². The van der Waals surface area contributed by atoms with Crippen LogP contribution >= 0.6 is 0 Å². The summed E-state index contributed by atoms with van der Waals surface area (Å²) in [6.45, 7) is 2.05. The van der Waals surface area contributed by atoms with E-state index in [0.29, 0.717) is 6.42 Å². The predicted octanol–water partition coefficient (Wildman–Crippen LogP) is 4.33. The second-order valence-corrected chi connectivity index (χ2v) is 4.77. The zero-order chi connectivity index (χ0) is 13.9. The Bertz CT molecular complexity index is 779. The van der Waals surface area contributed by atoms with E-state index in [9.17, 15) is 0 Å². The molecule has 0 amide bonds. The van der Waals surface area contributed by atoms with E-state index in [1.807, 2.05) is 55.6 Å². The lowest BCUT2D eigenvalue weighted by Gasteiger charge is -2.06. The van der Waals surface area contributed by atoms with Crippen molar-refractivity contribution in [3.8, 4) is 17.6 Å². The van der Waals surface area contributed by atoms with Gasteiger partial charge in [0.1, 0.15) is 11.5 Å². The minimum Gasteiger partial charge on any atom is -0.457 e. The Morgan fingerprint density at radius 3 is 2.60 bits per heavy atom. The minimum atomic E-state index is 0.397.